The van der Waals surface area contributed by atoms with Gasteiger partial charge in [-0.3, -0.25) is 14.4 Å². The van der Waals surface area contributed by atoms with Gasteiger partial charge in [-0.05, 0) is 42.8 Å². The van der Waals surface area contributed by atoms with E-state index >= 15 is 0 Å². The van der Waals surface area contributed by atoms with Crippen molar-refractivity contribution in [1.29, 1.82) is 0 Å². The zero-order chi connectivity index (χ0) is 25.1. The van der Waals surface area contributed by atoms with E-state index in [2.05, 4.69) is 32.0 Å². The maximum Gasteiger partial charge on any atom is 0.263 e. The first-order chi connectivity index (χ1) is 17.6. The highest BCUT2D eigenvalue weighted by molar-refractivity contribution is 7.14. The Labute approximate surface area is 211 Å². The molecule has 0 bridgehead atoms. The van der Waals surface area contributed by atoms with Crippen LogP contribution in [0.2, 0.25) is 0 Å². The van der Waals surface area contributed by atoms with Gasteiger partial charge in [-0.25, -0.2) is 19.9 Å². The zero-order valence-electron chi connectivity index (χ0n) is 19.8. The molecule has 5 rings (SSSR count). The van der Waals surface area contributed by atoms with Crippen molar-refractivity contribution in [3.8, 4) is 16.8 Å². The van der Waals surface area contributed by atoms with E-state index < -0.39 is 6.04 Å². The number of nitrogens with zero attached hydrogens (tertiary/aromatic N) is 6. The summed E-state index contributed by atoms with van der Waals surface area (Å²) in [5.41, 5.74) is 5.25. The Morgan fingerprint density at radius 3 is 2.61 bits per heavy atom. The lowest BCUT2D eigenvalue weighted by Gasteiger charge is -2.19. The maximum atomic E-state index is 14.1. The van der Waals surface area contributed by atoms with Gasteiger partial charge in [0.05, 0.1) is 22.6 Å². The van der Waals surface area contributed by atoms with Gasteiger partial charge in [0.25, 0.3) is 5.56 Å². The van der Waals surface area contributed by atoms with E-state index in [1.165, 1.54) is 17.7 Å². The maximum absolute atomic E-state index is 14.1. The van der Waals surface area contributed by atoms with Gasteiger partial charge in [0.2, 0.25) is 0 Å². The summed E-state index contributed by atoms with van der Waals surface area (Å²) in [4.78, 5) is 35.8. The standard InChI is InChI=1S/C27H23N7OS/c1-17(33-25(28-2)24-26(29-3)36-16-32-24)22-12-18-8-7-11-21(19-13-30-15-31-14-19)23(18)27(35)34(22)20-9-5-4-6-10-20/h4-17,29H,2H2,1,3H3/t17-/m0/s1. The van der Waals surface area contributed by atoms with Crippen LogP contribution >= 0.6 is 11.3 Å². The van der Waals surface area contributed by atoms with Gasteiger partial charge < -0.3 is 5.32 Å². The van der Waals surface area contributed by atoms with E-state index in [9.17, 15) is 4.79 Å². The van der Waals surface area contributed by atoms with Crippen LogP contribution in [0, 0.1) is 0 Å². The van der Waals surface area contributed by atoms with Gasteiger partial charge in [-0.2, -0.15) is 0 Å². The van der Waals surface area contributed by atoms with Crippen LogP contribution in [0.1, 0.15) is 24.4 Å². The van der Waals surface area contributed by atoms with E-state index in [0.29, 0.717) is 16.9 Å². The Balaban J connectivity index is 1.77. The lowest BCUT2D eigenvalue weighted by molar-refractivity contribution is 0.735. The number of nitrogens with one attached hydrogen (secondary N) is 1. The number of hydrogen-bond donors (Lipinski definition) is 1. The van der Waals surface area contributed by atoms with Crippen LogP contribution in [0.4, 0.5) is 5.00 Å². The molecule has 3 heterocycles. The summed E-state index contributed by atoms with van der Waals surface area (Å²) in [6, 6.07) is 16.9. The van der Waals surface area contributed by atoms with Crippen LogP contribution in [0.15, 0.2) is 93.6 Å². The van der Waals surface area contributed by atoms with E-state index in [1.807, 2.05) is 68.6 Å². The summed E-state index contributed by atoms with van der Waals surface area (Å²) in [6.45, 7) is 5.64. The predicted octanol–water partition coefficient (Wildman–Crippen LogP) is 5.15. The third-order valence-corrected chi connectivity index (χ3v) is 6.71. The molecule has 8 nitrogen and oxygen atoms in total. The minimum absolute atomic E-state index is 0.145. The minimum atomic E-state index is -0.419. The molecule has 1 N–H and O–H groups in total. The van der Waals surface area contributed by atoms with Crippen LogP contribution in [-0.2, 0) is 0 Å². The largest absolute Gasteiger partial charge is 0.378 e. The topological polar surface area (TPSA) is 97.4 Å². The molecule has 178 valence electrons. The van der Waals surface area contributed by atoms with E-state index in [1.54, 1.807) is 22.5 Å². The number of aromatic nitrogens is 4. The average molecular weight is 494 g/mol. The van der Waals surface area contributed by atoms with Gasteiger partial charge in [0.1, 0.15) is 17.0 Å². The summed E-state index contributed by atoms with van der Waals surface area (Å²) in [5, 5.41) is 5.37. The Morgan fingerprint density at radius 2 is 1.89 bits per heavy atom. The first-order valence-electron chi connectivity index (χ1n) is 11.3. The third-order valence-electron chi connectivity index (χ3n) is 5.86. The second kappa shape index (κ2) is 10.0. The molecule has 0 saturated carbocycles. The van der Waals surface area contributed by atoms with Crippen molar-refractivity contribution in [2.75, 3.05) is 12.4 Å². The molecule has 0 aliphatic carbocycles. The van der Waals surface area contributed by atoms with E-state index in [4.69, 9.17) is 4.99 Å². The van der Waals surface area contributed by atoms with Crippen molar-refractivity contribution in [3.63, 3.8) is 0 Å². The summed E-state index contributed by atoms with van der Waals surface area (Å²) in [5.74, 6) is 0.412. The van der Waals surface area contributed by atoms with Gasteiger partial charge in [-0.15, -0.1) is 11.3 Å². The molecule has 0 spiro atoms. The molecule has 0 radical (unpaired) electrons. The van der Waals surface area contributed by atoms with Crippen LogP contribution < -0.4 is 10.9 Å². The number of aliphatic imine (C=N–C) groups is 2. The fourth-order valence-electron chi connectivity index (χ4n) is 4.22. The number of para-hydroxylation sites is 1. The second-order valence-corrected chi connectivity index (χ2v) is 8.86. The monoisotopic (exact) mass is 493 g/mol. The highest BCUT2D eigenvalue weighted by Gasteiger charge is 2.20. The molecule has 0 amide bonds. The smallest absolute Gasteiger partial charge is 0.263 e. The van der Waals surface area contributed by atoms with Gasteiger partial charge in [-0.1, -0.05) is 36.4 Å². The quantitative estimate of drug-likeness (QED) is 0.260. The number of fused-ring (bicyclic) bond motifs is 1. The number of amidine groups is 1. The summed E-state index contributed by atoms with van der Waals surface area (Å²) < 4.78 is 1.71. The normalized spacial score (nSPS) is 12.4. The number of thiazole rings is 1. The summed E-state index contributed by atoms with van der Waals surface area (Å²) >= 11 is 1.46. The Hall–Kier alpha value is -4.50. The van der Waals surface area contributed by atoms with Crippen molar-refractivity contribution in [2.45, 2.75) is 13.0 Å². The molecule has 1 atom stereocenters. The highest BCUT2D eigenvalue weighted by atomic mass is 32.1. The van der Waals surface area contributed by atoms with E-state index in [-0.39, 0.29) is 5.56 Å². The number of benzene rings is 2. The van der Waals surface area contributed by atoms with Crippen molar-refractivity contribution in [2.24, 2.45) is 9.98 Å². The van der Waals surface area contributed by atoms with Crippen LogP contribution in [0.25, 0.3) is 27.6 Å². The Kier molecular flexibility index (Phi) is 6.46. The van der Waals surface area contributed by atoms with Gasteiger partial charge in [0.15, 0.2) is 5.84 Å². The third kappa shape index (κ3) is 4.20. The number of pyridine rings is 1. The average Bonchev–Trinajstić information content (AvgIpc) is 3.41. The molecule has 0 aliphatic rings. The molecule has 2 aromatic carbocycles. The zero-order valence-corrected chi connectivity index (χ0v) is 20.6. The summed E-state index contributed by atoms with van der Waals surface area (Å²) in [6.07, 6.45) is 4.90. The highest BCUT2D eigenvalue weighted by Crippen LogP contribution is 2.30. The van der Waals surface area contributed by atoms with Gasteiger partial charge >= 0.3 is 0 Å². The van der Waals surface area contributed by atoms with Crippen LogP contribution in [0.5, 0.6) is 0 Å². The molecule has 0 aliphatic heterocycles. The van der Waals surface area contributed by atoms with Crippen LogP contribution in [0.3, 0.4) is 0 Å². The van der Waals surface area contributed by atoms with E-state index in [0.717, 1.165) is 32.9 Å². The summed E-state index contributed by atoms with van der Waals surface area (Å²) in [7, 11) is 1.83. The van der Waals surface area contributed by atoms with Crippen molar-refractivity contribution in [1.82, 2.24) is 19.5 Å². The molecule has 3 aromatic heterocycles. The number of hydrogen-bond acceptors (Lipinski definition) is 7. The minimum Gasteiger partial charge on any atom is -0.378 e. The molecule has 0 unspecified atom stereocenters. The molecule has 0 saturated heterocycles. The molecule has 9 heteroatoms. The molecule has 36 heavy (non-hydrogen) atoms. The van der Waals surface area contributed by atoms with Crippen LogP contribution in [-0.4, -0.2) is 39.1 Å². The lowest BCUT2D eigenvalue weighted by atomic mass is 9.99. The van der Waals surface area contributed by atoms with Crippen molar-refractivity contribution in [3.05, 3.63) is 101 Å². The van der Waals surface area contributed by atoms with Gasteiger partial charge in [0, 0.05) is 30.7 Å². The Bertz CT molecular complexity index is 1630. The number of anilines is 1. The number of rotatable bonds is 6. The Morgan fingerprint density at radius 1 is 1.11 bits per heavy atom. The first-order valence-corrected chi connectivity index (χ1v) is 12.2. The predicted molar refractivity (Wildman–Crippen MR) is 147 cm³/mol. The van der Waals surface area contributed by atoms with Crippen molar-refractivity contribution < 1.29 is 0 Å². The first kappa shape index (κ1) is 23.3. The fourth-order valence-corrected chi connectivity index (χ4v) is 4.86. The molecular weight excluding hydrogens is 470 g/mol. The molecular formula is C27H23N7OS. The lowest BCUT2D eigenvalue weighted by Crippen LogP contribution is -2.24. The fraction of sp³-hybridized carbons (Fsp3) is 0.111. The van der Waals surface area contributed by atoms with Crippen molar-refractivity contribution >= 4 is 39.7 Å². The second-order valence-electron chi connectivity index (χ2n) is 8.01. The molecule has 5 aromatic rings. The molecule has 0 fully saturated rings. The SMILES string of the molecule is C=NC(=N[C@@H](C)c1cc2cccc(-c3cncnc3)c2c(=O)n1-c1ccccc1)c1ncsc1NC.